The number of carbonyl (C=O) groups is 1. The van der Waals surface area contributed by atoms with Crippen molar-refractivity contribution in [3.63, 3.8) is 0 Å². The van der Waals surface area contributed by atoms with Gasteiger partial charge in [-0.3, -0.25) is 4.79 Å². The lowest BCUT2D eigenvalue weighted by molar-refractivity contribution is 0.0692. The Morgan fingerprint density at radius 3 is 2.67 bits per heavy atom. The summed E-state index contributed by atoms with van der Waals surface area (Å²) in [5.41, 5.74) is 4.91. The predicted octanol–water partition coefficient (Wildman–Crippen LogP) is 0.808. The third-order valence-electron chi connectivity index (χ3n) is 2.16. The largest absolute Gasteiger partial charge is 0.477 e. The smallest absolute Gasteiger partial charge is 0.354 e. The summed E-state index contributed by atoms with van der Waals surface area (Å²) in [7, 11) is 0. The summed E-state index contributed by atoms with van der Waals surface area (Å²) in [6.45, 7) is 0. The van der Waals surface area contributed by atoms with Crippen LogP contribution in [0.15, 0.2) is 29.1 Å². The van der Waals surface area contributed by atoms with Crippen LogP contribution in [0.4, 0.5) is 5.69 Å². The molecule has 0 aliphatic carbocycles. The number of anilines is 1. The molecule has 0 saturated heterocycles. The number of nitrogens with one attached hydrogen (secondary N) is 1. The number of benzene rings is 1. The molecule has 1 aromatic heterocycles. The minimum Gasteiger partial charge on any atom is -0.477 e. The summed E-state index contributed by atoms with van der Waals surface area (Å²) in [4.78, 5) is 25.0. The highest BCUT2D eigenvalue weighted by Gasteiger charge is 2.13. The summed E-state index contributed by atoms with van der Waals surface area (Å²) in [5, 5.41) is 9.19. The summed E-state index contributed by atoms with van der Waals surface area (Å²) >= 11 is 0. The lowest BCUT2D eigenvalue weighted by Crippen LogP contribution is -2.16. The standard InChI is InChI=1S/C10H8N2O3/c11-7-8(10(14)15)12-6-4-2-1-3-5(6)9(7)13/h1-4H,11H2,(H,12,13)(H,14,15). The molecule has 4 N–H and O–H groups in total. The normalized spacial score (nSPS) is 10.4. The first-order chi connectivity index (χ1) is 7.11. The molecule has 5 heteroatoms. The van der Waals surface area contributed by atoms with Crippen molar-refractivity contribution in [3.05, 3.63) is 40.2 Å². The molecule has 1 aromatic carbocycles. The minimum atomic E-state index is -1.24. The molecule has 0 fully saturated rings. The predicted molar refractivity (Wildman–Crippen MR) is 55.9 cm³/mol. The van der Waals surface area contributed by atoms with E-state index in [1.54, 1.807) is 24.3 Å². The number of carboxylic acids is 1. The van der Waals surface area contributed by atoms with Gasteiger partial charge in [-0.25, -0.2) is 4.79 Å². The van der Waals surface area contributed by atoms with Crippen LogP contribution in [0, 0.1) is 0 Å². The third kappa shape index (κ3) is 1.34. The lowest BCUT2D eigenvalue weighted by Gasteiger charge is -2.03. The van der Waals surface area contributed by atoms with Crippen molar-refractivity contribution in [2.45, 2.75) is 0 Å². The van der Waals surface area contributed by atoms with Crippen LogP contribution in [0.5, 0.6) is 0 Å². The van der Waals surface area contributed by atoms with Crippen molar-refractivity contribution in [1.82, 2.24) is 4.98 Å². The van der Waals surface area contributed by atoms with Gasteiger partial charge in [-0.15, -0.1) is 0 Å². The second kappa shape index (κ2) is 3.13. The number of aromatic carboxylic acids is 1. The van der Waals surface area contributed by atoms with E-state index >= 15 is 0 Å². The first kappa shape index (κ1) is 9.26. The van der Waals surface area contributed by atoms with E-state index < -0.39 is 11.4 Å². The first-order valence-electron chi connectivity index (χ1n) is 4.25. The molecular formula is C10H8N2O3. The van der Waals surface area contributed by atoms with Crippen molar-refractivity contribution in [1.29, 1.82) is 0 Å². The van der Waals surface area contributed by atoms with E-state index in [0.717, 1.165) is 0 Å². The van der Waals surface area contributed by atoms with Crippen molar-refractivity contribution >= 4 is 22.6 Å². The lowest BCUT2D eigenvalue weighted by atomic mass is 10.1. The fourth-order valence-corrected chi connectivity index (χ4v) is 1.42. The Labute approximate surface area is 84.2 Å². The van der Waals surface area contributed by atoms with Crippen LogP contribution >= 0.6 is 0 Å². The van der Waals surface area contributed by atoms with E-state index in [0.29, 0.717) is 10.9 Å². The Hall–Kier alpha value is -2.30. The van der Waals surface area contributed by atoms with E-state index in [4.69, 9.17) is 10.8 Å². The molecule has 2 rings (SSSR count). The van der Waals surface area contributed by atoms with E-state index in [2.05, 4.69) is 4.98 Å². The summed E-state index contributed by atoms with van der Waals surface area (Å²) in [5.74, 6) is -1.24. The van der Waals surface area contributed by atoms with Gasteiger partial charge in [0.2, 0.25) is 5.43 Å². The highest BCUT2D eigenvalue weighted by molar-refractivity contribution is 5.95. The second-order valence-corrected chi connectivity index (χ2v) is 3.09. The molecule has 76 valence electrons. The van der Waals surface area contributed by atoms with Gasteiger partial charge in [0.05, 0.1) is 5.52 Å². The number of aromatic nitrogens is 1. The number of rotatable bonds is 1. The summed E-state index contributed by atoms with van der Waals surface area (Å²) in [6, 6.07) is 6.62. The van der Waals surface area contributed by atoms with Gasteiger partial charge in [0.1, 0.15) is 5.69 Å². The number of fused-ring (bicyclic) bond motifs is 1. The Balaban J connectivity index is 2.95. The average Bonchev–Trinajstić information content (AvgIpc) is 2.23. The van der Waals surface area contributed by atoms with Crippen molar-refractivity contribution in [2.24, 2.45) is 0 Å². The molecular weight excluding hydrogens is 196 g/mol. The van der Waals surface area contributed by atoms with Crippen molar-refractivity contribution in [2.75, 3.05) is 5.73 Å². The third-order valence-corrected chi connectivity index (χ3v) is 2.16. The number of hydrogen-bond donors (Lipinski definition) is 3. The number of nitrogens with two attached hydrogens (primary N) is 1. The SMILES string of the molecule is Nc1c(C(=O)O)[nH]c2ccccc2c1=O. The fraction of sp³-hybridized carbons (Fsp3) is 0. The molecule has 15 heavy (non-hydrogen) atoms. The zero-order chi connectivity index (χ0) is 11.0. The first-order valence-corrected chi connectivity index (χ1v) is 4.25. The second-order valence-electron chi connectivity index (χ2n) is 3.09. The maximum Gasteiger partial charge on any atom is 0.354 e. The molecule has 0 radical (unpaired) electrons. The zero-order valence-electron chi connectivity index (χ0n) is 7.65. The maximum atomic E-state index is 11.6. The molecule has 2 aromatic rings. The molecule has 5 nitrogen and oxygen atoms in total. The van der Waals surface area contributed by atoms with Gasteiger partial charge < -0.3 is 15.8 Å². The van der Waals surface area contributed by atoms with Crippen molar-refractivity contribution in [3.8, 4) is 0 Å². The maximum absolute atomic E-state index is 11.6. The Morgan fingerprint density at radius 2 is 2.00 bits per heavy atom. The quantitative estimate of drug-likeness (QED) is 0.640. The minimum absolute atomic E-state index is 0.263. The number of para-hydroxylation sites is 1. The Morgan fingerprint density at radius 1 is 1.33 bits per heavy atom. The van der Waals surface area contributed by atoms with E-state index in [-0.39, 0.29) is 11.4 Å². The van der Waals surface area contributed by atoms with Crippen LogP contribution in [0.1, 0.15) is 10.5 Å². The van der Waals surface area contributed by atoms with Gasteiger partial charge in [0.15, 0.2) is 5.69 Å². The number of H-pyrrole nitrogens is 1. The zero-order valence-corrected chi connectivity index (χ0v) is 7.65. The molecule has 0 spiro atoms. The molecule has 0 amide bonds. The number of carboxylic acid groups (broad SMARTS) is 1. The summed E-state index contributed by atoms with van der Waals surface area (Å²) in [6.07, 6.45) is 0. The summed E-state index contributed by atoms with van der Waals surface area (Å²) < 4.78 is 0. The van der Waals surface area contributed by atoms with Crippen LogP contribution in [0.3, 0.4) is 0 Å². The molecule has 0 aliphatic rings. The average molecular weight is 204 g/mol. The number of nitrogen functional groups attached to an aromatic ring is 1. The van der Waals surface area contributed by atoms with Crippen LogP contribution in [-0.2, 0) is 0 Å². The van der Waals surface area contributed by atoms with Gasteiger partial charge >= 0.3 is 5.97 Å². The number of pyridine rings is 1. The molecule has 1 heterocycles. The topological polar surface area (TPSA) is 96.2 Å². The Kier molecular flexibility index (Phi) is 1.93. The van der Waals surface area contributed by atoms with Crippen LogP contribution in [-0.4, -0.2) is 16.1 Å². The van der Waals surface area contributed by atoms with Gasteiger partial charge in [-0.2, -0.15) is 0 Å². The molecule has 0 aliphatic heterocycles. The van der Waals surface area contributed by atoms with Gasteiger partial charge in [-0.1, -0.05) is 12.1 Å². The van der Waals surface area contributed by atoms with Crippen molar-refractivity contribution < 1.29 is 9.90 Å². The molecule has 0 saturated carbocycles. The molecule has 0 unspecified atom stereocenters. The molecule has 0 bridgehead atoms. The van der Waals surface area contributed by atoms with Crippen LogP contribution in [0.2, 0.25) is 0 Å². The van der Waals surface area contributed by atoms with Gasteiger partial charge in [0.25, 0.3) is 0 Å². The molecule has 0 atom stereocenters. The van der Waals surface area contributed by atoms with Gasteiger partial charge in [0, 0.05) is 5.39 Å². The fourth-order valence-electron chi connectivity index (χ4n) is 1.42. The number of hydrogen-bond acceptors (Lipinski definition) is 3. The highest BCUT2D eigenvalue weighted by Crippen LogP contribution is 2.12. The van der Waals surface area contributed by atoms with E-state index in [1.807, 2.05) is 0 Å². The van der Waals surface area contributed by atoms with Crippen LogP contribution in [0.25, 0.3) is 10.9 Å². The highest BCUT2D eigenvalue weighted by atomic mass is 16.4. The van der Waals surface area contributed by atoms with E-state index in [1.165, 1.54) is 0 Å². The number of aromatic amines is 1. The van der Waals surface area contributed by atoms with Gasteiger partial charge in [-0.05, 0) is 12.1 Å². The Bertz CT molecular complexity index is 601. The van der Waals surface area contributed by atoms with E-state index in [9.17, 15) is 9.59 Å². The monoisotopic (exact) mass is 204 g/mol. The van der Waals surface area contributed by atoms with Crippen LogP contribution < -0.4 is 11.2 Å².